The van der Waals surface area contributed by atoms with Crippen molar-refractivity contribution in [1.82, 2.24) is 0 Å². The first-order valence-corrected chi connectivity index (χ1v) is 6.05. The molecule has 1 aliphatic rings. The molecule has 0 bridgehead atoms. The maximum atomic E-state index is 12.5. The molecule has 0 unspecified atom stereocenters. The van der Waals surface area contributed by atoms with E-state index in [1.54, 1.807) is 11.9 Å². The first-order chi connectivity index (χ1) is 8.59. The van der Waals surface area contributed by atoms with Crippen molar-refractivity contribution < 1.29 is 14.3 Å². The molecule has 18 heavy (non-hydrogen) atoms. The van der Waals surface area contributed by atoms with Crippen LogP contribution in [0.3, 0.4) is 0 Å². The van der Waals surface area contributed by atoms with Gasteiger partial charge in [0.15, 0.2) is 5.41 Å². The summed E-state index contributed by atoms with van der Waals surface area (Å²) in [5.41, 5.74) is 0.391. The number of fused-ring (bicyclic) bond motifs is 1. The number of esters is 1. The fourth-order valence-corrected chi connectivity index (χ4v) is 2.73. The number of anilines is 1. The van der Waals surface area contributed by atoms with Crippen LogP contribution in [-0.2, 0) is 19.7 Å². The largest absolute Gasteiger partial charge is 0.468 e. The molecule has 1 aromatic carbocycles. The van der Waals surface area contributed by atoms with Gasteiger partial charge in [0.25, 0.3) is 0 Å². The van der Waals surface area contributed by atoms with Crippen LogP contribution in [0.5, 0.6) is 0 Å². The van der Waals surface area contributed by atoms with Crippen molar-refractivity contribution in [2.75, 3.05) is 19.1 Å². The Hall–Kier alpha value is -1.84. The van der Waals surface area contributed by atoms with E-state index in [0.717, 1.165) is 17.7 Å². The molecule has 0 radical (unpaired) electrons. The normalized spacial score (nSPS) is 21.9. The van der Waals surface area contributed by atoms with E-state index in [9.17, 15) is 9.59 Å². The second kappa shape index (κ2) is 4.44. The Morgan fingerprint density at radius 2 is 2.06 bits per heavy atom. The number of nitrogens with zero attached hydrogens (tertiary/aromatic N) is 1. The highest BCUT2D eigenvalue weighted by Gasteiger charge is 2.55. The quantitative estimate of drug-likeness (QED) is 0.605. The zero-order chi connectivity index (χ0) is 13.3. The third-order valence-electron chi connectivity index (χ3n) is 3.55. The minimum atomic E-state index is -1.16. The minimum Gasteiger partial charge on any atom is -0.468 e. The molecular formula is C14H17NO3. The highest BCUT2D eigenvalue weighted by Crippen LogP contribution is 2.44. The number of hydrogen-bond donors (Lipinski definition) is 0. The standard InChI is InChI=1S/C14H17NO3/c1-4-9-14(13(17)18-3)10-7-5-6-8-11(10)15(2)12(14)16/h5-8H,4,9H2,1-3H3/t14-/m0/s1. The van der Waals surface area contributed by atoms with E-state index in [0.29, 0.717) is 6.42 Å². The predicted molar refractivity (Wildman–Crippen MR) is 68.5 cm³/mol. The van der Waals surface area contributed by atoms with Gasteiger partial charge in [-0.2, -0.15) is 0 Å². The number of hydrogen-bond acceptors (Lipinski definition) is 3. The molecule has 1 heterocycles. The molecule has 0 N–H and O–H groups in total. The smallest absolute Gasteiger partial charge is 0.326 e. The van der Waals surface area contributed by atoms with Gasteiger partial charge in [-0.05, 0) is 12.5 Å². The summed E-state index contributed by atoms with van der Waals surface area (Å²) in [6.07, 6.45) is 1.21. The van der Waals surface area contributed by atoms with E-state index in [2.05, 4.69) is 0 Å². The Kier molecular flexibility index (Phi) is 3.11. The third-order valence-corrected chi connectivity index (χ3v) is 3.55. The van der Waals surface area contributed by atoms with Crippen LogP contribution < -0.4 is 4.90 Å². The van der Waals surface area contributed by atoms with Crippen molar-refractivity contribution in [3.63, 3.8) is 0 Å². The Morgan fingerprint density at radius 1 is 1.39 bits per heavy atom. The molecule has 0 aromatic heterocycles. The lowest BCUT2D eigenvalue weighted by atomic mass is 9.78. The zero-order valence-electron chi connectivity index (χ0n) is 10.9. The lowest BCUT2D eigenvalue weighted by Gasteiger charge is -2.24. The number of amides is 1. The van der Waals surface area contributed by atoms with Crippen molar-refractivity contribution in [3.8, 4) is 0 Å². The van der Waals surface area contributed by atoms with E-state index in [4.69, 9.17) is 4.74 Å². The summed E-state index contributed by atoms with van der Waals surface area (Å²) in [6.45, 7) is 1.96. The molecule has 0 aliphatic carbocycles. The summed E-state index contributed by atoms with van der Waals surface area (Å²) in [4.78, 5) is 26.2. The van der Waals surface area contributed by atoms with Crippen LogP contribution in [0, 0.1) is 0 Å². The number of carbonyl (C=O) groups excluding carboxylic acids is 2. The van der Waals surface area contributed by atoms with Gasteiger partial charge in [0.05, 0.1) is 7.11 Å². The Morgan fingerprint density at radius 3 is 2.67 bits per heavy atom. The Balaban J connectivity index is 2.66. The van der Waals surface area contributed by atoms with Crippen LogP contribution in [0.2, 0.25) is 0 Å². The van der Waals surface area contributed by atoms with Gasteiger partial charge in [0, 0.05) is 18.3 Å². The van der Waals surface area contributed by atoms with Gasteiger partial charge in [-0.1, -0.05) is 31.5 Å². The summed E-state index contributed by atoms with van der Waals surface area (Å²) >= 11 is 0. The van der Waals surface area contributed by atoms with Crippen LogP contribution in [0.4, 0.5) is 5.69 Å². The first-order valence-electron chi connectivity index (χ1n) is 6.05. The second-order valence-electron chi connectivity index (χ2n) is 4.53. The Bertz CT molecular complexity index is 498. The number of benzene rings is 1. The van der Waals surface area contributed by atoms with Crippen molar-refractivity contribution in [3.05, 3.63) is 29.8 Å². The van der Waals surface area contributed by atoms with E-state index >= 15 is 0 Å². The summed E-state index contributed by atoms with van der Waals surface area (Å²) in [6, 6.07) is 7.40. The van der Waals surface area contributed by atoms with Crippen LogP contribution in [-0.4, -0.2) is 26.0 Å². The summed E-state index contributed by atoms with van der Waals surface area (Å²) < 4.78 is 4.88. The van der Waals surface area contributed by atoms with Crippen LogP contribution in [0.1, 0.15) is 25.3 Å². The van der Waals surface area contributed by atoms with Crippen LogP contribution in [0.15, 0.2) is 24.3 Å². The lowest BCUT2D eigenvalue weighted by molar-refractivity contribution is -0.151. The minimum absolute atomic E-state index is 0.197. The van der Waals surface area contributed by atoms with Gasteiger partial charge in [-0.3, -0.25) is 9.59 Å². The predicted octanol–water partition coefficient (Wildman–Crippen LogP) is 1.87. The molecule has 1 amide bonds. The molecule has 0 fully saturated rings. The molecule has 1 aromatic rings. The van der Waals surface area contributed by atoms with E-state index in [1.807, 2.05) is 31.2 Å². The summed E-state index contributed by atoms with van der Waals surface area (Å²) in [5.74, 6) is -0.663. The molecule has 0 spiro atoms. The maximum Gasteiger partial charge on any atom is 0.326 e. The van der Waals surface area contributed by atoms with Gasteiger partial charge in [0.1, 0.15) is 0 Å². The number of rotatable bonds is 3. The molecule has 4 nitrogen and oxygen atoms in total. The zero-order valence-corrected chi connectivity index (χ0v) is 10.9. The molecule has 0 saturated carbocycles. The SMILES string of the molecule is CCC[C@@]1(C(=O)OC)C(=O)N(C)c2ccccc21. The maximum absolute atomic E-state index is 12.5. The van der Waals surface area contributed by atoms with Crippen molar-refractivity contribution in [1.29, 1.82) is 0 Å². The van der Waals surface area contributed by atoms with E-state index in [1.165, 1.54) is 7.11 Å². The third kappa shape index (κ3) is 1.45. The van der Waals surface area contributed by atoms with E-state index < -0.39 is 11.4 Å². The molecule has 4 heteroatoms. The number of para-hydroxylation sites is 1. The topological polar surface area (TPSA) is 46.6 Å². The van der Waals surface area contributed by atoms with Gasteiger partial charge in [0.2, 0.25) is 5.91 Å². The van der Waals surface area contributed by atoms with E-state index in [-0.39, 0.29) is 5.91 Å². The molecule has 96 valence electrons. The van der Waals surface area contributed by atoms with Crippen molar-refractivity contribution >= 4 is 17.6 Å². The average molecular weight is 247 g/mol. The fourth-order valence-electron chi connectivity index (χ4n) is 2.73. The van der Waals surface area contributed by atoms with Gasteiger partial charge in [-0.25, -0.2) is 0 Å². The average Bonchev–Trinajstić information content (AvgIpc) is 2.62. The monoisotopic (exact) mass is 247 g/mol. The van der Waals surface area contributed by atoms with Gasteiger partial charge < -0.3 is 9.64 Å². The number of methoxy groups -OCH3 is 1. The van der Waals surface area contributed by atoms with Gasteiger partial charge in [-0.15, -0.1) is 0 Å². The second-order valence-corrected chi connectivity index (χ2v) is 4.53. The van der Waals surface area contributed by atoms with Crippen LogP contribution >= 0.6 is 0 Å². The van der Waals surface area contributed by atoms with Gasteiger partial charge >= 0.3 is 5.97 Å². The number of likely N-dealkylation sites (N-methyl/N-ethyl adjacent to an activating group) is 1. The summed E-state index contributed by atoms with van der Waals surface area (Å²) in [7, 11) is 3.02. The highest BCUT2D eigenvalue weighted by molar-refractivity contribution is 6.20. The fraction of sp³-hybridized carbons (Fsp3) is 0.429. The van der Waals surface area contributed by atoms with Crippen molar-refractivity contribution in [2.24, 2.45) is 0 Å². The molecular weight excluding hydrogens is 230 g/mol. The number of ether oxygens (including phenoxy) is 1. The highest BCUT2D eigenvalue weighted by atomic mass is 16.5. The van der Waals surface area contributed by atoms with Crippen molar-refractivity contribution in [2.45, 2.75) is 25.2 Å². The first kappa shape index (κ1) is 12.6. The molecule has 0 saturated heterocycles. The molecule has 1 atom stereocenters. The lowest BCUT2D eigenvalue weighted by Crippen LogP contribution is -2.45. The summed E-state index contributed by atoms with van der Waals surface area (Å²) in [5, 5.41) is 0. The number of carbonyl (C=O) groups is 2. The molecule has 1 aliphatic heterocycles. The Labute approximate surface area is 107 Å². The molecule has 2 rings (SSSR count). The van der Waals surface area contributed by atoms with Crippen LogP contribution in [0.25, 0.3) is 0 Å².